The van der Waals surface area contributed by atoms with E-state index < -0.39 is 0 Å². The van der Waals surface area contributed by atoms with Crippen LogP contribution >= 0.6 is 15.9 Å². The molecule has 0 aliphatic rings. The Morgan fingerprint density at radius 1 is 1.47 bits per heavy atom. The zero-order valence-corrected chi connectivity index (χ0v) is 12.3. The van der Waals surface area contributed by atoms with Gasteiger partial charge in [-0.25, -0.2) is 0 Å². The fourth-order valence-electron chi connectivity index (χ4n) is 1.44. The van der Waals surface area contributed by atoms with Crippen LogP contribution in [0.5, 0.6) is 0 Å². The van der Waals surface area contributed by atoms with Gasteiger partial charge in [-0.05, 0) is 24.0 Å². The molecule has 0 bridgehead atoms. The molecule has 96 valence electrons. The van der Waals surface area contributed by atoms with Crippen molar-refractivity contribution in [2.45, 2.75) is 33.6 Å². The van der Waals surface area contributed by atoms with E-state index in [9.17, 15) is 4.79 Å². The number of carbonyl (C=O) groups excluding carboxylic acids is 1. The lowest BCUT2D eigenvalue weighted by Crippen LogP contribution is -2.34. The zero-order chi connectivity index (χ0) is 12.9. The number of furan rings is 1. The summed E-state index contributed by atoms with van der Waals surface area (Å²) in [6, 6.07) is 3.57. The molecule has 0 aliphatic carbocycles. The summed E-state index contributed by atoms with van der Waals surface area (Å²) in [5.74, 6) is 1.11. The second kappa shape index (κ2) is 6.24. The van der Waals surface area contributed by atoms with Gasteiger partial charge in [0.05, 0.1) is 0 Å². The highest BCUT2D eigenvalue weighted by Gasteiger charge is 2.19. The second-order valence-corrected chi connectivity index (χ2v) is 5.70. The molecule has 0 fully saturated rings. The molecule has 1 rings (SSSR count). The predicted octanol–water partition coefficient (Wildman–Crippen LogP) is 3.38. The lowest BCUT2D eigenvalue weighted by molar-refractivity contribution is 0.0906. The number of halogens is 1. The molecule has 1 aromatic rings. The molecule has 0 saturated carbocycles. The first-order valence-electron chi connectivity index (χ1n) is 5.91. The van der Waals surface area contributed by atoms with Crippen LogP contribution in [0.3, 0.4) is 0 Å². The first-order chi connectivity index (χ1) is 7.98. The molecular formula is C13H20BrNO2. The van der Waals surface area contributed by atoms with E-state index in [0.717, 1.165) is 23.9 Å². The monoisotopic (exact) mass is 301 g/mol. The maximum absolute atomic E-state index is 11.8. The van der Waals surface area contributed by atoms with E-state index in [1.54, 1.807) is 6.07 Å². The van der Waals surface area contributed by atoms with E-state index in [4.69, 9.17) is 4.42 Å². The number of hydrogen-bond acceptors (Lipinski definition) is 2. The van der Waals surface area contributed by atoms with Crippen LogP contribution in [0.15, 0.2) is 16.5 Å². The predicted molar refractivity (Wildman–Crippen MR) is 72.6 cm³/mol. The van der Waals surface area contributed by atoms with Crippen molar-refractivity contribution in [1.29, 1.82) is 0 Å². The Morgan fingerprint density at radius 2 is 2.18 bits per heavy atom. The Kier molecular flexibility index (Phi) is 5.25. The van der Waals surface area contributed by atoms with Crippen LogP contribution in [0, 0.1) is 5.41 Å². The van der Waals surface area contributed by atoms with Gasteiger partial charge in [0.25, 0.3) is 5.91 Å². The van der Waals surface area contributed by atoms with Crippen LogP contribution < -0.4 is 5.32 Å². The van der Waals surface area contributed by atoms with Gasteiger partial charge in [-0.1, -0.05) is 36.7 Å². The average molecular weight is 302 g/mol. The molecule has 0 saturated heterocycles. The summed E-state index contributed by atoms with van der Waals surface area (Å²) < 4.78 is 5.40. The van der Waals surface area contributed by atoms with E-state index in [1.807, 2.05) is 13.0 Å². The van der Waals surface area contributed by atoms with Crippen molar-refractivity contribution in [1.82, 2.24) is 5.32 Å². The van der Waals surface area contributed by atoms with Crippen molar-refractivity contribution in [2.75, 3.05) is 11.9 Å². The van der Waals surface area contributed by atoms with Gasteiger partial charge in [0.15, 0.2) is 5.76 Å². The SMILES string of the molecule is CCc1ccc(C(=O)NCC(C)(C)CCBr)o1. The highest BCUT2D eigenvalue weighted by Crippen LogP contribution is 2.20. The van der Waals surface area contributed by atoms with Gasteiger partial charge < -0.3 is 9.73 Å². The minimum absolute atomic E-state index is 0.0966. The fraction of sp³-hybridized carbons (Fsp3) is 0.615. The fourth-order valence-corrected chi connectivity index (χ4v) is 2.51. The topological polar surface area (TPSA) is 42.2 Å². The Morgan fingerprint density at radius 3 is 2.71 bits per heavy atom. The minimum atomic E-state index is -0.132. The number of aryl methyl sites for hydroxylation is 1. The molecule has 1 aromatic heterocycles. The first kappa shape index (κ1) is 14.3. The number of amides is 1. The zero-order valence-electron chi connectivity index (χ0n) is 10.7. The van der Waals surface area contributed by atoms with Crippen molar-refractivity contribution in [3.63, 3.8) is 0 Å². The summed E-state index contributed by atoms with van der Waals surface area (Å²) in [5.41, 5.74) is 0.0966. The normalized spacial score (nSPS) is 11.5. The molecule has 1 heterocycles. The summed E-state index contributed by atoms with van der Waals surface area (Å²) >= 11 is 3.42. The highest BCUT2D eigenvalue weighted by molar-refractivity contribution is 9.09. The molecule has 1 N–H and O–H groups in total. The quantitative estimate of drug-likeness (QED) is 0.819. The molecule has 4 heteroatoms. The Hall–Kier alpha value is -0.770. The van der Waals surface area contributed by atoms with Gasteiger partial charge >= 0.3 is 0 Å². The summed E-state index contributed by atoms with van der Waals surface area (Å²) in [6.45, 7) is 6.92. The van der Waals surface area contributed by atoms with Gasteiger partial charge in [-0.3, -0.25) is 4.79 Å². The lowest BCUT2D eigenvalue weighted by atomic mass is 9.90. The number of hydrogen-bond donors (Lipinski definition) is 1. The minimum Gasteiger partial charge on any atom is -0.456 e. The van der Waals surface area contributed by atoms with Crippen LogP contribution in [0.2, 0.25) is 0 Å². The van der Waals surface area contributed by atoms with Gasteiger partial charge in [0, 0.05) is 18.3 Å². The Balaban J connectivity index is 2.49. The summed E-state index contributed by atoms with van der Waals surface area (Å²) in [4.78, 5) is 11.8. The third-order valence-corrected chi connectivity index (χ3v) is 3.13. The van der Waals surface area contributed by atoms with Gasteiger partial charge in [0.1, 0.15) is 5.76 Å². The van der Waals surface area contributed by atoms with E-state index in [2.05, 4.69) is 35.1 Å². The Bertz CT molecular complexity index is 371. The average Bonchev–Trinajstić information content (AvgIpc) is 2.74. The van der Waals surface area contributed by atoms with Crippen LogP contribution in [0.25, 0.3) is 0 Å². The molecule has 0 aromatic carbocycles. The number of rotatable bonds is 6. The molecule has 1 amide bonds. The molecule has 0 radical (unpaired) electrons. The smallest absolute Gasteiger partial charge is 0.287 e. The maximum Gasteiger partial charge on any atom is 0.287 e. The van der Waals surface area contributed by atoms with Crippen LogP contribution in [-0.2, 0) is 6.42 Å². The Labute approximate surface area is 111 Å². The summed E-state index contributed by atoms with van der Waals surface area (Å²) in [5, 5.41) is 3.85. The molecule has 17 heavy (non-hydrogen) atoms. The second-order valence-electron chi connectivity index (χ2n) is 4.91. The van der Waals surface area contributed by atoms with E-state index in [-0.39, 0.29) is 11.3 Å². The number of alkyl halides is 1. The van der Waals surface area contributed by atoms with E-state index in [1.165, 1.54) is 0 Å². The van der Waals surface area contributed by atoms with Gasteiger partial charge in [-0.2, -0.15) is 0 Å². The van der Waals surface area contributed by atoms with Crippen LogP contribution in [0.4, 0.5) is 0 Å². The number of nitrogens with one attached hydrogen (secondary N) is 1. The van der Waals surface area contributed by atoms with E-state index >= 15 is 0 Å². The molecular weight excluding hydrogens is 282 g/mol. The standard InChI is InChI=1S/C13H20BrNO2/c1-4-10-5-6-11(17-10)12(16)15-9-13(2,3)7-8-14/h5-6H,4,7-9H2,1-3H3,(H,15,16). The number of carbonyl (C=O) groups is 1. The third kappa shape index (κ3) is 4.54. The van der Waals surface area contributed by atoms with E-state index in [0.29, 0.717) is 12.3 Å². The molecule has 0 aliphatic heterocycles. The maximum atomic E-state index is 11.8. The van der Waals surface area contributed by atoms with Crippen molar-refractivity contribution < 1.29 is 9.21 Å². The van der Waals surface area contributed by atoms with Crippen molar-refractivity contribution in [3.05, 3.63) is 23.7 Å². The largest absolute Gasteiger partial charge is 0.456 e. The third-order valence-electron chi connectivity index (χ3n) is 2.73. The van der Waals surface area contributed by atoms with Gasteiger partial charge in [0.2, 0.25) is 0 Å². The summed E-state index contributed by atoms with van der Waals surface area (Å²) in [7, 11) is 0. The summed E-state index contributed by atoms with van der Waals surface area (Å²) in [6.07, 6.45) is 1.83. The van der Waals surface area contributed by atoms with Crippen LogP contribution in [-0.4, -0.2) is 17.8 Å². The molecule has 0 unspecified atom stereocenters. The molecule has 0 atom stereocenters. The van der Waals surface area contributed by atoms with Crippen molar-refractivity contribution >= 4 is 21.8 Å². The van der Waals surface area contributed by atoms with Crippen molar-refractivity contribution in [3.8, 4) is 0 Å². The van der Waals surface area contributed by atoms with Gasteiger partial charge in [-0.15, -0.1) is 0 Å². The first-order valence-corrected chi connectivity index (χ1v) is 7.03. The molecule has 3 nitrogen and oxygen atoms in total. The van der Waals surface area contributed by atoms with Crippen LogP contribution in [0.1, 0.15) is 43.5 Å². The molecule has 0 spiro atoms. The highest BCUT2D eigenvalue weighted by atomic mass is 79.9. The lowest BCUT2D eigenvalue weighted by Gasteiger charge is -2.23. The van der Waals surface area contributed by atoms with Crippen molar-refractivity contribution in [2.24, 2.45) is 5.41 Å².